The number of carbonyl (C=O) groups excluding carboxylic acids is 2. The maximum atomic E-state index is 13.9. The molecule has 1 aliphatic carbocycles. The zero-order valence-electron chi connectivity index (χ0n) is 24.6. The summed E-state index contributed by atoms with van der Waals surface area (Å²) in [6.45, 7) is 2.83. The molecule has 2 aromatic carbocycles. The van der Waals surface area contributed by atoms with Crippen molar-refractivity contribution in [2.75, 3.05) is 30.5 Å². The Labute approximate surface area is 252 Å². The number of carbonyl (C=O) groups is 2. The maximum absolute atomic E-state index is 13.9. The molecule has 2 saturated heterocycles. The third kappa shape index (κ3) is 5.83. The highest BCUT2D eigenvalue weighted by atomic mass is 16.5. The summed E-state index contributed by atoms with van der Waals surface area (Å²) in [5, 5.41) is 12.7. The number of allylic oxidation sites excluding steroid dienone is 1. The van der Waals surface area contributed by atoms with E-state index in [0.717, 1.165) is 47.5 Å². The van der Waals surface area contributed by atoms with Gasteiger partial charge in [0.25, 0.3) is 0 Å². The molecule has 43 heavy (non-hydrogen) atoms. The molecule has 2 fully saturated rings. The Bertz CT molecular complexity index is 1520. The predicted octanol–water partition coefficient (Wildman–Crippen LogP) is 6.26. The van der Waals surface area contributed by atoms with E-state index in [1.54, 1.807) is 13.2 Å². The minimum absolute atomic E-state index is 0.124. The van der Waals surface area contributed by atoms with Crippen molar-refractivity contribution in [1.82, 2.24) is 0 Å². The van der Waals surface area contributed by atoms with Gasteiger partial charge in [0, 0.05) is 24.4 Å². The van der Waals surface area contributed by atoms with Crippen molar-refractivity contribution in [3.05, 3.63) is 95.0 Å². The number of anilines is 3. The number of amides is 2. The van der Waals surface area contributed by atoms with E-state index < -0.39 is 11.8 Å². The number of furan rings is 1. The van der Waals surface area contributed by atoms with E-state index in [2.05, 4.69) is 12.2 Å². The maximum Gasteiger partial charge on any atom is 0.238 e. The molecule has 8 heteroatoms. The first-order valence-electron chi connectivity index (χ1n) is 15.0. The van der Waals surface area contributed by atoms with Gasteiger partial charge in [-0.15, -0.1) is 0 Å². The van der Waals surface area contributed by atoms with Crippen molar-refractivity contribution < 1.29 is 28.6 Å². The molecule has 0 radical (unpaired) electrons. The summed E-state index contributed by atoms with van der Waals surface area (Å²) in [6, 6.07) is 21.0. The third-order valence-electron chi connectivity index (χ3n) is 8.88. The van der Waals surface area contributed by atoms with Gasteiger partial charge in [0.15, 0.2) is 0 Å². The van der Waals surface area contributed by atoms with Crippen molar-refractivity contribution >= 4 is 35.0 Å². The van der Waals surface area contributed by atoms with Crippen molar-refractivity contribution in [2.24, 2.45) is 17.8 Å². The standard InChI is InChI=1S/C35H38N2O6/c1-3-22(17-27-14-15-28(19-38)43-27)9-16-31-32-23(20-41-2)18-29-33(30(32)21-42-31)35(40)37(34(29)39)26-12-10-25(11-13-26)36-24-7-5-4-6-8-24/h4-8,10-15,17,29-31,33,36,38H,3,9,16,18-21H2,1-2H3/b22-17+/t29-,30+,31-,33-/m1/s1. The number of para-hydroxylation sites is 1. The van der Waals surface area contributed by atoms with Crippen LogP contribution < -0.4 is 10.2 Å². The van der Waals surface area contributed by atoms with E-state index in [1.807, 2.05) is 66.7 Å². The number of nitrogens with zero attached hydrogens (tertiary/aromatic N) is 1. The van der Waals surface area contributed by atoms with Gasteiger partial charge in [-0.1, -0.05) is 30.7 Å². The highest BCUT2D eigenvalue weighted by Crippen LogP contribution is 2.50. The first-order chi connectivity index (χ1) is 21.0. The zero-order chi connectivity index (χ0) is 29.9. The van der Waals surface area contributed by atoms with Crippen LogP contribution in [0.2, 0.25) is 0 Å². The minimum Gasteiger partial charge on any atom is -0.459 e. The Morgan fingerprint density at radius 3 is 2.49 bits per heavy atom. The van der Waals surface area contributed by atoms with E-state index in [1.165, 1.54) is 10.5 Å². The molecule has 224 valence electrons. The highest BCUT2D eigenvalue weighted by Gasteiger charge is 2.57. The van der Waals surface area contributed by atoms with Crippen LogP contribution in [0.3, 0.4) is 0 Å². The van der Waals surface area contributed by atoms with Crippen LogP contribution in [0.15, 0.2) is 87.9 Å². The highest BCUT2D eigenvalue weighted by molar-refractivity contribution is 6.22. The van der Waals surface area contributed by atoms with Crippen molar-refractivity contribution in [3.8, 4) is 0 Å². The van der Waals surface area contributed by atoms with Crippen LogP contribution in [-0.4, -0.2) is 43.3 Å². The van der Waals surface area contributed by atoms with Crippen molar-refractivity contribution in [1.29, 1.82) is 0 Å². The summed E-state index contributed by atoms with van der Waals surface area (Å²) < 4.78 is 17.6. The van der Waals surface area contributed by atoms with Crippen LogP contribution >= 0.6 is 0 Å². The summed E-state index contributed by atoms with van der Waals surface area (Å²) in [5.41, 5.74) is 5.89. The lowest BCUT2D eigenvalue weighted by Crippen LogP contribution is -2.35. The number of aliphatic hydroxyl groups excluding tert-OH is 1. The van der Waals surface area contributed by atoms with Crippen molar-refractivity contribution in [3.63, 3.8) is 0 Å². The van der Waals surface area contributed by atoms with Crippen LogP contribution in [-0.2, 0) is 25.7 Å². The second-order valence-corrected chi connectivity index (χ2v) is 11.5. The van der Waals surface area contributed by atoms with Gasteiger partial charge < -0.3 is 24.3 Å². The molecule has 0 bridgehead atoms. The molecule has 3 heterocycles. The first-order valence-corrected chi connectivity index (χ1v) is 15.0. The van der Waals surface area contributed by atoms with Gasteiger partial charge in [0.2, 0.25) is 11.8 Å². The van der Waals surface area contributed by atoms with E-state index >= 15 is 0 Å². The van der Waals surface area contributed by atoms with Crippen LogP contribution in [0.5, 0.6) is 0 Å². The second kappa shape index (κ2) is 12.7. The summed E-state index contributed by atoms with van der Waals surface area (Å²) in [6.07, 6.45) is 4.85. The number of ether oxygens (including phenoxy) is 2. The smallest absolute Gasteiger partial charge is 0.238 e. The molecule has 2 amide bonds. The fourth-order valence-electron chi connectivity index (χ4n) is 6.84. The van der Waals surface area contributed by atoms with Crippen molar-refractivity contribution in [2.45, 2.75) is 45.3 Å². The fraction of sp³-hybridized carbons (Fsp3) is 0.371. The van der Waals surface area contributed by atoms with Gasteiger partial charge in [-0.2, -0.15) is 0 Å². The monoisotopic (exact) mass is 582 g/mol. The first kappa shape index (κ1) is 29.1. The van der Waals surface area contributed by atoms with Gasteiger partial charge in [-0.3, -0.25) is 14.5 Å². The number of benzene rings is 2. The average Bonchev–Trinajstić information content (AvgIpc) is 3.73. The van der Waals surface area contributed by atoms with Gasteiger partial charge >= 0.3 is 0 Å². The molecule has 2 N–H and O–H groups in total. The molecule has 0 spiro atoms. The van der Waals surface area contributed by atoms with Gasteiger partial charge in [-0.25, -0.2) is 0 Å². The normalized spacial score (nSPS) is 23.6. The molecule has 3 aromatic rings. The van der Waals surface area contributed by atoms with E-state index in [9.17, 15) is 14.7 Å². The van der Waals surface area contributed by atoms with Gasteiger partial charge in [-0.05, 0) is 91.4 Å². The lowest BCUT2D eigenvalue weighted by Gasteiger charge is -2.31. The Morgan fingerprint density at radius 2 is 1.79 bits per heavy atom. The predicted molar refractivity (Wildman–Crippen MR) is 165 cm³/mol. The summed E-state index contributed by atoms with van der Waals surface area (Å²) in [4.78, 5) is 29.1. The number of methoxy groups -OCH3 is 1. The fourth-order valence-corrected chi connectivity index (χ4v) is 6.84. The number of fused-ring (bicyclic) bond motifs is 3. The molecule has 1 aromatic heterocycles. The Balaban J connectivity index is 1.19. The number of nitrogens with one attached hydrogen (secondary N) is 1. The molecular weight excluding hydrogens is 544 g/mol. The van der Waals surface area contributed by atoms with Gasteiger partial charge in [0.1, 0.15) is 18.1 Å². The molecule has 0 unspecified atom stereocenters. The largest absolute Gasteiger partial charge is 0.459 e. The summed E-state index contributed by atoms with van der Waals surface area (Å²) in [5.74, 6) is -0.0107. The number of hydrogen-bond acceptors (Lipinski definition) is 7. The summed E-state index contributed by atoms with van der Waals surface area (Å²) in [7, 11) is 1.67. The number of rotatable bonds is 11. The Hall–Kier alpha value is -3.98. The zero-order valence-corrected chi connectivity index (χ0v) is 24.6. The lowest BCUT2D eigenvalue weighted by atomic mass is 9.69. The average molecular weight is 583 g/mol. The molecule has 4 atom stereocenters. The van der Waals surface area contributed by atoms with Crippen LogP contribution in [0.4, 0.5) is 17.1 Å². The Kier molecular flexibility index (Phi) is 8.61. The lowest BCUT2D eigenvalue weighted by molar-refractivity contribution is -0.122. The molecule has 3 aliphatic rings. The molecule has 0 saturated carbocycles. The number of imide groups is 1. The minimum atomic E-state index is -0.434. The van der Waals surface area contributed by atoms with Crippen LogP contribution in [0.25, 0.3) is 6.08 Å². The Morgan fingerprint density at radius 1 is 1.02 bits per heavy atom. The molecular formula is C35H38N2O6. The summed E-state index contributed by atoms with van der Waals surface area (Å²) >= 11 is 0. The quantitative estimate of drug-likeness (QED) is 0.203. The van der Waals surface area contributed by atoms with Crippen LogP contribution in [0, 0.1) is 17.8 Å². The topological polar surface area (TPSA) is 101 Å². The van der Waals surface area contributed by atoms with E-state index in [-0.39, 0.29) is 30.4 Å². The van der Waals surface area contributed by atoms with E-state index in [4.69, 9.17) is 13.9 Å². The van der Waals surface area contributed by atoms with E-state index in [0.29, 0.717) is 31.1 Å². The van der Waals surface area contributed by atoms with Gasteiger partial charge in [0.05, 0.1) is 36.8 Å². The van der Waals surface area contributed by atoms with Crippen LogP contribution in [0.1, 0.15) is 44.1 Å². The number of aliphatic hydroxyl groups is 1. The molecule has 2 aliphatic heterocycles. The second-order valence-electron chi connectivity index (χ2n) is 11.5. The molecule has 8 nitrogen and oxygen atoms in total. The SMILES string of the molecule is CC/C(=C\c1ccc(CO)o1)CC[C@H]1OC[C@H]2C1=C(COC)C[C@H]1C(=O)N(c3ccc(Nc4ccccc4)cc3)C(=O)[C@H]12. The number of hydrogen-bond donors (Lipinski definition) is 2. The molecule has 6 rings (SSSR count). The third-order valence-corrected chi connectivity index (χ3v) is 8.88.